The van der Waals surface area contributed by atoms with Crippen molar-refractivity contribution in [3.63, 3.8) is 0 Å². The molecule has 24 heavy (non-hydrogen) atoms. The summed E-state index contributed by atoms with van der Waals surface area (Å²) in [6.07, 6.45) is -4.37. The molecular formula is C16H13ClF3NO2S. The molecule has 2 aromatic rings. The highest BCUT2D eigenvalue weighted by Gasteiger charge is 2.42. The number of anilines is 1. The van der Waals surface area contributed by atoms with Gasteiger partial charge in [0.2, 0.25) is 0 Å². The fourth-order valence-electron chi connectivity index (χ4n) is 2.96. The number of hydrogen-bond acceptors (Lipinski definition) is 2. The summed E-state index contributed by atoms with van der Waals surface area (Å²) in [6, 6.07) is 9.03. The molecule has 0 spiro atoms. The van der Waals surface area contributed by atoms with Crippen LogP contribution >= 0.6 is 11.6 Å². The largest absolute Gasteiger partial charge is 0.417 e. The van der Waals surface area contributed by atoms with E-state index in [9.17, 15) is 21.6 Å². The van der Waals surface area contributed by atoms with E-state index in [4.69, 9.17) is 11.6 Å². The fraction of sp³-hybridized carbons (Fsp3) is 0.250. The molecule has 0 aromatic heterocycles. The lowest BCUT2D eigenvalue weighted by Crippen LogP contribution is -2.36. The highest BCUT2D eigenvalue weighted by molar-refractivity contribution is 7.93. The van der Waals surface area contributed by atoms with Crippen LogP contribution in [0.2, 0.25) is 5.02 Å². The minimum atomic E-state index is -4.82. The third-order valence-electron chi connectivity index (χ3n) is 3.93. The Labute approximate surface area is 142 Å². The standard InChI is InChI=1S/C16H13ClF3NO2S/c1-10-8-11-4-2-3-5-14(11)21(10)24(22,23)15-7-6-12(17)9-13(15)16(18,19)20/h2-7,9-10H,8H2,1H3. The smallest absolute Gasteiger partial charge is 0.263 e. The molecule has 1 aliphatic rings. The maximum Gasteiger partial charge on any atom is 0.417 e. The number of sulfonamides is 1. The number of para-hydroxylation sites is 1. The molecule has 0 N–H and O–H groups in total. The Morgan fingerprint density at radius 2 is 1.83 bits per heavy atom. The Bertz CT molecular complexity index is 896. The van der Waals surface area contributed by atoms with Crippen molar-refractivity contribution < 1.29 is 21.6 Å². The van der Waals surface area contributed by atoms with E-state index in [1.807, 2.05) is 0 Å². The van der Waals surface area contributed by atoms with Gasteiger partial charge in [0.15, 0.2) is 0 Å². The van der Waals surface area contributed by atoms with Crippen LogP contribution in [0.5, 0.6) is 0 Å². The number of alkyl halides is 3. The first-order chi connectivity index (χ1) is 11.1. The van der Waals surface area contributed by atoms with Crippen LogP contribution in [-0.4, -0.2) is 14.5 Å². The van der Waals surface area contributed by atoms with E-state index >= 15 is 0 Å². The van der Waals surface area contributed by atoms with Crippen molar-refractivity contribution in [2.45, 2.75) is 30.5 Å². The number of halogens is 4. The van der Waals surface area contributed by atoms with Gasteiger partial charge in [-0.1, -0.05) is 29.8 Å². The molecule has 3 nitrogen and oxygen atoms in total. The zero-order chi connectivity index (χ0) is 17.7. The lowest BCUT2D eigenvalue weighted by molar-refractivity contribution is -0.139. The molecule has 3 rings (SSSR count). The van der Waals surface area contributed by atoms with Crippen LogP contribution < -0.4 is 4.31 Å². The monoisotopic (exact) mass is 375 g/mol. The summed E-state index contributed by atoms with van der Waals surface area (Å²) in [4.78, 5) is -0.789. The first-order valence-corrected chi connectivity index (χ1v) is 8.93. The summed E-state index contributed by atoms with van der Waals surface area (Å²) in [5.74, 6) is 0. The van der Waals surface area contributed by atoms with Crippen LogP contribution in [0.1, 0.15) is 18.1 Å². The molecule has 0 amide bonds. The van der Waals surface area contributed by atoms with Gasteiger partial charge < -0.3 is 0 Å². The van der Waals surface area contributed by atoms with Gasteiger partial charge in [-0.25, -0.2) is 8.42 Å². The van der Waals surface area contributed by atoms with Crippen molar-refractivity contribution in [2.24, 2.45) is 0 Å². The van der Waals surface area contributed by atoms with Crippen molar-refractivity contribution >= 4 is 27.3 Å². The Hall–Kier alpha value is -1.73. The lowest BCUT2D eigenvalue weighted by atomic mass is 10.1. The first-order valence-electron chi connectivity index (χ1n) is 7.11. The van der Waals surface area contributed by atoms with Gasteiger partial charge in [0, 0.05) is 11.1 Å². The molecule has 0 radical (unpaired) electrons. The number of nitrogens with zero attached hydrogens (tertiary/aromatic N) is 1. The molecule has 0 aliphatic carbocycles. The Morgan fingerprint density at radius 1 is 1.17 bits per heavy atom. The molecule has 0 saturated carbocycles. The summed E-state index contributed by atoms with van der Waals surface area (Å²) in [7, 11) is -4.38. The highest BCUT2D eigenvalue weighted by atomic mass is 35.5. The van der Waals surface area contributed by atoms with E-state index < -0.39 is 32.7 Å². The molecule has 1 atom stereocenters. The zero-order valence-corrected chi connectivity index (χ0v) is 14.1. The van der Waals surface area contributed by atoms with Gasteiger partial charge in [0.05, 0.1) is 16.1 Å². The summed E-state index contributed by atoms with van der Waals surface area (Å²) in [5, 5.41) is -0.170. The molecule has 2 aromatic carbocycles. The predicted octanol–water partition coefficient (Wildman–Crippen LogP) is 4.50. The Kier molecular flexibility index (Phi) is 4.04. The third-order valence-corrected chi connectivity index (χ3v) is 6.15. The van der Waals surface area contributed by atoms with Gasteiger partial charge in [-0.05, 0) is 43.2 Å². The van der Waals surface area contributed by atoms with E-state index in [0.717, 1.165) is 22.0 Å². The second-order valence-corrected chi connectivity index (χ2v) is 7.84. The fourth-order valence-corrected chi connectivity index (χ4v) is 5.02. The summed E-state index contributed by atoms with van der Waals surface area (Å²) in [5.41, 5.74) is -0.0595. The molecule has 128 valence electrons. The number of benzene rings is 2. The molecule has 0 fully saturated rings. The van der Waals surface area contributed by atoms with Crippen LogP contribution in [0, 0.1) is 0 Å². The van der Waals surface area contributed by atoms with Crippen molar-refractivity contribution in [1.82, 2.24) is 0 Å². The minimum Gasteiger partial charge on any atom is -0.263 e. The molecule has 1 unspecified atom stereocenters. The minimum absolute atomic E-state index is 0.170. The predicted molar refractivity (Wildman–Crippen MR) is 85.7 cm³/mol. The van der Waals surface area contributed by atoms with Gasteiger partial charge in [-0.15, -0.1) is 0 Å². The second-order valence-electron chi connectivity index (χ2n) is 5.62. The maximum absolute atomic E-state index is 13.3. The van der Waals surface area contributed by atoms with E-state index in [0.29, 0.717) is 18.2 Å². The Morgan fingerprint density at radius 3 is 2.50 bits per heavy atom. The molecule has 1 heterocycles. The number of rotatable bonds is 2. The van der Waals surface area contributed by atoms with Crippen molar-refractivity contribution in [3.05, 3.63) is 58.6 Å². The summed E-state index contributed by atoms with van der Waals surface area (Å²) >= 11 is 5.63. The molecule has 8 heteroatoms. The molecule has 0 bridgehead atoms. The quantitative estimate of drug-likeness (QED) is 0.775. The van der Waals surface area contributed by atoms with Gasteiger partial charge in [-0.2, -0.15) is 13.2 Å². The van der Waals surface area contributed by atoms with Crippen LogP contribution in [0.25, 0.3) is 0 Å². The zero-order valence-electron chi connectivity index (χ0n) is 12.5. The molecular weight excluding hydrogens is 363 g/mol. The van der Waals surface area contributed by atoms with Gasteiger partial charge >= 0.3 is 6.18 Å². The average Bonchev–Trinajstić information content (AvgIpc) is 2.82. The van der Waals surface area contributed by atoms with Gasteiger partial charge in [-0.3, -0.25) is 4.31 Å². The SMILES string of the molecule is CC1Cc2ccccc2N1S(=O)(=O)c1ccc(Cl)cc1C(F)(F)F. The number of fused-ring (bicyclic) bond motifs is 1. The van der Waals surface area contributed by atoms with Gasteiger partial charge in [0.25, 0.3) is 10.0 Å². The Balaban J connectivity index is 2.20. The summed E-state index contributed by atoms with van der Waals surface area (Å²) in [6.45, 7) is 1.67. The summed E-state index contributed by atoms with van der Waals surface area (Å²) < 4.78 is 66.9. The van der Waals surface area contributed by atoms with E-state index in [1.54, 1.807) is 31.2 Å². The van der Waals surface area contributed by atoms with Crippen LogP contribution in [0.4, 0.5) is 18.9 Å². The lowest BCUT2D eigenvalue weighted by Gasteiger charge is -2.26. The topological polar surface area (TPSA) is 37.4 Å². The molecule has 1 aliphatic heterocycles. The van der Waals surface area contributed by atoms with E-state index in [1.165, 1.54) is 0 Å². The van der Waals surface area contributed by atoms with Crippen LogP contribution in [0.3, 0.4) is 0 Å². The third kappa shape index (κ3) is 2.75. The highest BCUT2D eigenvalue weighted by Crippen LogP contribution is 2.41. The van der Waals surface area contributed by atoms with Gasteiger partial charge in [0.1, 0.15) is 0 Å². The van der Waals surface area contributed by atoms with Crippen molar-refractivity contribution in [3.8, 4) is 0 Å². The van der Waals surface area contributed by atoms with Crippen molar-refractivity contribution in [2.75, 3.05) is 4.31 Å². The first kappa shape index (κ1) is 17.1. The number of hydrogen-bond donors (Lipinski definition) is 0. The average molecular weight is 376 g/mol. The van der Waals surface area contributed by atoms with Crippen molar-refractivity contribution in [1.29, 1.82) is 0 Å². The maximum atomic E-state index is 13.3. The molecule has 0 saturated heterocycles. The van der Waals surface area contributed by atoms with E-state index in [2.05, 4.69) is 0 Å². The van der Waals surface area contributed by atoms with Crippen LogP contribution in [0.15, 0.2) is 47.4 Å². The van der Waals surface area contributed by atoms with E-state index in [-0.39, 0.29) is 5.02 Å². The second kappa shape index (κ2) is 5.67. The normalized spacial score (nSPS) is 17.9. The van der Waals surface area contributed by atoms with Crippen LogP contribution in [-0.2, 0) is 22.6 Å².